The molecule has 1 radical (unpaired) electrons. The molecule has 0 aromatic carbocycles. The number of fused-ring (bicyclic) bond motifs is 3. The molecule has 0 heterocycles. The monoisotopic (exact) mass is 639 g/mol. The number of aliphatic hydroxyl groups excluding tert-OH is 4. The molecule has 0 spiro atoms. The third-order valence-electron chi connectivity index (χ3n) is 9.05. The predicted molar refractivity (Wildman–Crippen MR) is 106 cm³/mol. The molecule has 7 nitrogen and oxygen atoms in total. The van der Waals surface area contributed by atoms with Crippen LogP contribution in [0.25, 0.3) is 0 Å². The van der Waals surface area contributed by atoms with E-state index in [2.05, 4.69) is 0 Å². The Labute approximate surface area is 214 Å². The zero-order valence-electron chi connectivity index (χ0n) is 18.8. The van der Waals surface area contributed by atoms with Crippen molar-refractivity contribution in [3.8, 4) is 0 Å². The molecule has 3 aliphatic rings. The van der Waals surface area contributed by atoms with Gasteiger partial charge in [-0.2, -0.15) is 0 Å². The van der Waals surface area contributed by atoms with Crippen LogP contribution in [0.5, 0.6) is 0 Å². The zero-order valence-corrected chi connectivity index (χ0v) is 23.5. The number of ketones is 1. The van der Waals surface area contributed by atoms with Gasteiger partial charge in [0.2, 0.25) is 0 Å². The van der Waals surface area contributed by atoms with Gasteiger partial charge in [-0.05, 0) is 43.3 Å². The Morgan fingerprint density at radius 3 is 2.10 bits per heavy atom. The maximum absolute atomic E-state index is 13.7. The van der Waals surface area contributed by atoms with Gasteiger partial charge in [0.1, 0.15) is 6.10 Å². The van der Waals surface area contributed by atoms with Gasteiger partial charge in [-0.15, -0.1) is 0 Å². The van der Waals surface area contributed by atoms with Gasteiger partial charge in [0.25, 0.3) is 0 Å². The summed E-state index contributed by atoms with van der Waals surface area (Å²) in [5.41, 5.74) is -5.27. The summed E-state index contributed by atoms with van der Waals surface area (Å²) in [5.74, 6) is -2.99. The van der Waals surface area contributed by atoms with E-state index in [1.807, 2.05) is 0 Å². The number of rotatable bonds is 1. The van der Waals surface area contributed by atoms with E-state index in [1.54, 1.807) is 34.6 Å². The van der Waals surface area contributed by atoms with E-state index in [1.165, 1.54) is 6.92 Å². The van der Waals surface area contributed by atoms with Gasteiger partial charge in [-0.1, -0.05) is 27.7 Å². The number of aliphatic hydroxyl groups is 6. The van der Waals surface area contributed by atoms with E-state index in [4.69, 9.17) is 0 Å². The van der Waals surface area contributed by atoms with Crippen LogP contribution in [0, 0.1) is 72.6 Å². The summed E-state index contributed by atoms with van der Waals surface area (Å²) in [6.45, 7) is 9.38. The third kappa shape index (κ3) is 3.12. The molecule has 2 saturated carbocycles. The van der Waals surface area contributed by atoms with E-state index < -0.39 is 70.5 Å². The van der Waals surface area contributed by atoms with E-state index in [-0.39, 0.29) is 62.5 Å². The Bertz CT molecular complexity index is 752. The standard InChI is InChI=1S/C22H36O7.Ac/c1-10-7-14(25)20(6)17(21(10,28)9-23)12(3)22(29)8-13(24)11(2)15(19(22,4)5)16(26)18(20)27;/h10,12-14,16-17,23-26,28-29H,7-9H2,1-6H3;/t10-,12+,13?,14?,16?,17?,20-,21?,22?;/m1./s1. The van der Waals surface area contributed by atoms with Gasteiger partial charge in [0, 0.05) is 61.8 Å². The fourth-order valence-electron chi connectivity index (χ4n) is 6.96. The van der Waals surface area contributed by atoms with Crippen molar-refractivity contribution >= 4 is 5.78 Å². The molecule has 0 amide bonds. The molecule has 9 atom stereocenters. The Morgan fingerprint density at radius 1 is 1.07 bits per heavy atom. The van der Waals surface area contributed by atoms with Crippen molar-refractivity contribution in [2.45, 2.75) is 83.9 Å². The van der Waals surface area contributed by atoms with Crippen molar-refractivity contribution < 1.29 is 79.5 Å². The van der Waals surface area contributed by atoms with Crippen molar-refractivity contribution in [2.75, 3.05) is 6.61 Å². The fourth-order valence-corrected chi connectivity index (χ4v) is 6.96. The molecule has 2 fully saturated rings. The van der Waals surface area contributed by atoms with E-state index in [9.17, 15) is 35.4 Å². The first-order chi connectivity index (χ1) is 13.1. The molecule has 6 N–H and O–H groups in total. The van der Waals surface area contributed by atoms with Gasteiger partial charge >= 0.3 is 0 Å². The summed E-state index contributed by atoms with van der Waals surface area (Å²) in [5, 5.41) is 66.5. The van der Waals surface area contributed by atoms with Crippen LogP contribution in [0.1, 0.15) is 54.4 Å². The quantitative estimate of drug-likeness (QED) is 0.225. The first kappa shape index (κ1) is 26.9. The molecule has 0 aromatic rings. The molecule has 0 saturated heterocycles. The molecule has 169 valence electrons. The van der Waals surface area contributed by atoms with Crippen molar-refractivity contribution in [1.82, 2.24) is 0 Å². The summed E-state index contributed by atoms with van der Waals surface area (Å²) >= 11 is 0. The number of carbonyl (C=O) groups excluding carboxylic acids is 1. The Balaban J connectivity index is 0.00000320. The maximum Gasteiger partial charge on any atom is 0.174 e. The molecule has 3 rings (SSSR count). The van der Waals surface area contributed by atoms with Gasteiger partial charge in [0.05, 0.1) is 35.4 Å². The van der Waals surface area contributed by atoms with Gasteiger partial charge in [-0.25, -0.2) is 0 Å². The number of hydrogen-bond donors (Lipinski definition) is 6. The summed E-state index contributed by atoms with van der Waals surface area (Å²) in [6.07, 6.45) is -3.80. The largest absolute Gasteiger partial charge is 0.393 e. The summed E-state index contributed by atoms with van der Waals surface area (Å²) in [7, 11) is 0. The van der Waals surface area contributed by atoms with Crippen LogP contribution in [-0.2, 0) is 4.79 Å². The minimum Gasteiger partial charge on any atom is -0.393 e. The van der Waals surface area contributed by atoms with Crippen LogP contribution in [0.4, 0.5) is 0 Å². The van der Waals surface area contributed by atoms with E-state index in [0.717, 1.165) is 0 Å². The van der Waals surface area contributed by atoms with Crippen LogP contribution >= 0.6 is 0 Å². The average molecular weight is 640 g/mol. The first-order valence-electron chi connectivity index (χ1n) is 10.5. The predicted octanol–water partition coefficient (Wildman–Crippen LogP) is 0.151. The van der Waals surface area contributed by atoms with Crippen molar-refractivity contribution in [3.05, 3.63) is 11.1 Å². The number of hydrogen-bond acceptors (Lipinski definition) is 7. The summed E-state index contributed by atoms with van der Waals surface area (Å²) < 4.78 is 0. The molecule has 0 aromatic heterocycles. The SMILES string of the molecule is CC1=C2C(O)C(=O)[C@]3(C)C(O)C[C@@H](C)C(O)(CO)C3[C@H](C)C(O)(CC1O)C2(C)C.[Ac]. The van der Waals surface area contributed by atoms with Crippen molar-refractivity contribution in [2.24, 2.45) is 28.6 Å². The van der Waals surface area contributed by atoms with Gasteiger partial charge < -0.3 is 30.6 Å². The van der Waals surface area contributed by atoms with Gasteiger partial charge in [0.15, 0.2) is 5.78 Å². The molecule has 8 heteroatoms. The molecule has 3 aliphatic carbocycles. The molecular weight excluding hydrogens is 603 g/mol. The smallest absolute Gasteiger partial charge is 0.174 e. The van der Waals surface area contributed by atoms with E-state index >= 15 is 0 Å². The first-order valence-corrected chi connectivity index (χ1v) is 10.5. The van der Waals surface area contributed by atoms with Crippen LogP contribution in [0.15, 0.2) is 11.1 Å². The minimum absolute atomic E-state index is 0. The summed E-state index contributed by atoms with van der Waals surface area (Å²) in [4.78, 5) is 13.7. The topological polar surface area (TPSA) is 138 Å². The molecule has 0 aliphatic heterocycles. The number of carbonyl (C=O) groups is 1. The normalized spacial score (nSPS) is 50.9. The van der Waals surface area contributed by atoms with Crippen LogP contribution in [0.2, 0.25) is 0 Å². The van der Waals surface area contributed by atoms with Crippen LogP contribution in [-0.4, -0.2) is 72.5 Å². The second-order valence-electron chi connectivity index (χ2n) is 10.5. The molecular formula is C22H36AcO7. The molecule has 30 heavy (non-hydrogen) atoms. The fraction of sp³-hybridized carbons (Fsp3) is 0.864. The van der Waals surface area contributed by atoms with E-state index in [0.29, 0.717) is 5.57 Å². The van der Waals surface area contributed by atoms with Crippen LogP contribution in [0.3, 0.4) is 0 Å². The molecule has 2 bridgehead atoms. The van der Waals surface area contributed by atoms with Crippen LogP contribution < -0.4 is 0 Å². The Hall–Kier alpha value is 0.612. The number of Topliss-reactive ketones (excluding diaryl/α,β-unsaturated/α-hetero) is 1. The maximum atomic E-state index is 13.7. The third-order valence-corrected chi connectivity index (χ3v) is 9.05. The van der Waals surface area contributed by atoms with Gasteiger partial charge in [-0.3, -0.25) is 4.79 Å². The Kier molecular flexibility index (Phi) is 7.28. The molecule has 6 unspecified atom stereocenters. The second kappa shape index (κ2) is 8.13. The summed E-state index contributed by atoms with van der Waals surface area (Å²) in [6, 6.07) is 0. The zero-order chi connectivity index (χ0) is 22.3. The van der Waals surface area contributed by atoms with Crippen molar-refractivity contribution in [3.63, 3.8) is 0 Å². The minimum atomic E-state index is -1.74. The average Bonchev–Trinajstić information content (AvgIpc) is 2.63. The Morgan fingerprint density at radius 2 is 1.60 bits per heavy atom. The van der Waals surface area contributed by atoms with Crippen molar-refractivity contribution in [1.29, 1.82) is 0 Å². The second-order valence-corrected chi connectivity index (χ2v) is 10.5.